The van der Waals surface area contributed by atoms with E-state index in [1.807, 2.05) is 64.1 Å². The van der Waals surface area contributed by atoms with Crippen molar-refractivity contribution < 1.29 is 18.0 Å². The van der Waals surface area contributed by atoms with Crippen LogP contribution in [0.1, 0.15) is 63.6 Å². The van der Waals surface area contributed by atoms with Gasteiger partial charge < -0.3 is 10.2 Å². The van der Waals surface area contributed by atoms with Gasteiger partial charge in [-0.1, -0.05) is 55.8 Å². The number of anilines is 1. The lowest BCUT2D eigenvalue weighted by Crippen LogP contribution is -2.49. The second-order valence-electron chi connectivity index (χ2n) is 9.46. The first-order chi connectivity index (χ1) is 17.0. The lowest BCUT2D eigenvalue weighted by molar-refractivity contribution is -0.140. The predicted octanol–water partition coefficient (Wildman–Crippen LogP) is 4.44. The molecule has 0 saturated carbocycles. The van der Waals surface area contributed by atoms with Crippen molar-refractivity contribution in [3.63, 3.8) is 0 Å². The normalized spacial score (nSPS) is 13.1. The Balaban J connectivity index is 2.16. The number of carbonyl (C=O) groups excluding carboxylic acids is 2. The van der Waals surface area contributed by atoms with Crippen molar-refractivity contribution in [3.05, 3.63) is 65.2 Å². The lowest BCUT2D eigenvalue weighted by atomic mass is 10.1. The van der Waals surface area contributed by atoms with E-state index in [0.29, 0.717) is 18.7 Å². The molecule has 0 aliphatic rings. The van der Waals surface area contributed by atoms with Crippen LogP contribution in [0.3, 0.4) is 0 Å². The minimum atomic E-state index is -3.51. The van der Waals surface area contributed by atoms with Crippen LogP contribution in [0.25, 0.3) is 0 Å². The third-order valence-electron chi connectivity index (χ3n) is 6.43. The molecular formula is C28H41N3O4S. The van der Waals surface area contributed by atoms with Crippen molar-refractivity contribution in [2.45, 2.75) is 78.9 Å². The van der Waals surface area contributed by atoms with Crippen LogP contribution < -0.4 is 9.62 Å². The smallest absolute Gasteiger partial charge is 0.242 e. The number of hydrogen-bond acceptors (Lipinski definition) is 4. The maximum Gasteiger partial charge on any atom is 0.242 e. The highest BCUT2D eigenvalue weighted by Crippen LogP contribution is 2.20. The van der Waals surface area contributed by atoms with Gasteiger partial charge in [0.25, 0.3) is 0 Å². The Kier molecular flexibility index (Phi) is 11.0. The summed E-state index contributed by atoms with van der Waals surface area (Å²) >= 11 is 0. The third kappa shape index (κ3) is 8.66. The summed E-state index contributed by atoms with van der Waals surface area (Å²) in [7, 11) is -3.51. The van der Waals surface area contributed by atoms with E-state index >= 15 is 0 Å². The van der Waals surface area contributed by atoms with E-state index < -0.39 is 16.1 Å². The molecule has 1 N–H and O–H groups in total. The molecule has 0 aliphatic heterocycles. The largest absolute Gasteiger partial charge is 0.352 e. The number of aryl methyl sites for hydroxylation is 2. The second-order valence-corrected chi connectivity index (χ2v) is 11.4. The molecule has 36 heavy (non-hydrogen) atoms. The summed E-state index contributed by atoms with van der Waals surface area (Å²) in [5.41, 5.74) is 3.76. The molecule has 2 atom stereocenters. The Labute approximate surface area is 216 Å². The summed E-state index contributed by atoms with van der Waals surface area (Å²) in [4.78, 5) is 27.8. The van der Waals surface area contributed by atoms with Gasteiger partial charge in [-0.25, -0.2) is 8.42 Å². The van der Waals surface area contributed by atoms with Gasteiger partial charge in [0.2, 0.25) is 21.8 Å². The van der Waals surface area contributed by atoms with Gasteiger partial charge in [-0.05, 0) is 63.3 Å². The van der Waals surface area contributed by atoms with E-state index in [-0.39, 0.29) is 30.8 Å². The summed E-state index contributed by atoms with van der Waals surface area (Å²) in [5.74, 6) is -0.379. The van der Waals surface area contributed by atoms with E-state index in [4.69, 9.17) is 0 Å². The molecule has 0 unspecified atom stereocenters. The minimum absolute atomic E-state index is 0.0127. The van der Waals surface area contributed by atoms with E-state index in [1.54, 1.807) is 24.0 Å². The second kappa shape index (κ2) is 13.4. The standard InChI is InChI=1S/C28H41N3O4S/c1-7-22(4)29-28(33)23(5)30(20-25-13-11-21(3)12-14-25)27(32)10-9-19-31(36(6,34)35)26-17-15-24(8-2)16-18-26/h11-18,22-23H,7-10,19-20H2,1-6H3,(H,29,33)/t22-,23+/m0/s1. The van der Waals surface area contributed by atoms with Gasteiger partial charge in [0.1, 0.15) is 6.04 Å². The first-order valence-electron chi connectivity index (χ1n) is 12.7. The molecule has 0 saturated heterocycles. The Morgan fingerprint density at radius 1 is 0.944 bits per heavy atom. The van der Waals surface area contributed by atoms with E-state index in [2.05, 4.69) is 5.32 Å². The van der Waals surface area contributed by atoms with Crippen molar-refractivity contribution in [1.82, 2.24) is 10.2 Å². The number of rotatable bonds is 13. The van der Waals surface area contributed by atoms with Gasteiger partial charge in [-0.2, -0.15) is 0 Å². The van der Waals surface area contributed by atoms with Crippen molar-refractivity contribution in [2.24, 2.45) is 0 Å². The number of sulfonamides is 1. The van der Waals surface area contributed by atoms with E-state index in [1.165, 1.54) is 10.6 Å². The zero-order valence-corrected chi connectivity index (χ0v) is 23.3. The summed E-state index contributed by atoms with van der Waals surface area (Å²) in [6.07, 6.45) is 3.31. The maximum absolute atomic E-state index is 13.3. The molecule has 0 radical (unpaired) electrons. The monoisotopic (exact) mass is 515 g/mol. The van der Waals surface area contributed by atoms with Gasteiger partial charge in [0, 0.05) is 25.6 Å². The van der Waals surface area contributed by atoms with Crippen LogP contribution in [0.2, 0.25) is 0 Å². The summed E-state index contributed by atoms with van der Waals surface area (Å²) < 4.78 is 26.3. The molecule has 0 fully saturated rings. The molecule has 0 aliphatic carbocycles. The third-order valence-corrected chi connectivity index (χ3v) is 7.62. The van der Waals surface area contributed by atoms with Crippen LogP contribution in [-0.4, -0.2) is 50.0 Å². The van der Waals surface area contributed by atoms with Crippen molar-refractivity contribution >= 4 is 27.5 Å². The lowest BCUT2D eigenvalue weighted by Gasteiger charge is -2.30. The fourth-order valence-electron chi connectivity index (χ4n) is 3.84. The molecule has 0 aromatic heterocycles. The molecule has 2 aromatic rings. The van der Waals surface area contributed by atoms with Gasteiger partial charge >= 0.3 is 0 Å². The molecule has 0 spiro atoms. The molecule has 8 heteroatoms. The van der Waals surface area contributed by atoms with Gasteiger partial charge in [0.15, 0.2) is 0 Å². The summed E-state index contributed by atoms with van der Waals surface area (Å²) in [6, 6.07) is 14.7. The highest BCUT2D eigenvalue weighted by atomic mass is 32.2. The molecule has 0 bridgehead atoms. The minimum Gasteiger partial charge on any atom is -0.352 e. The van der Waals surface area contributed by atoms with Crippen molar-refractivity contribution in [1.29, 1.82) is 0 Å². The summed E-state index contributed by atoms with van der Waals surface area (Å²) in [6.45, 7) is 10.2. The highest BCUT2D eigenvalue weighted by Gasteiger charge is 2.27. The SMILES string of the molecule is CCc1ccc(N(CCCC(=O)N(Cc2ccc(C)cc2)[C@H](C)C(=O)N[C@@H](C)CC)S(C)(=O)=O)cc1. The average Bonchev–Trinajstić information content (AvgIpc) is 2.85. The summed E-state index contributed by atoms with van der Waals surface area (Å²) in [5, 5.41) is 2.96. The number of carbonyl (C=O) groups is 2. The average molecular weight is 516 g/mol. The first kappa shape index (κ1) is 29.4. The molecule has 7 nitrogen and oxygen atoms in total. The molecule has 0 heterocycles. The fourth-order valence-corrected chi connectivity index (χ4v) is 4.81. The Hall–Kier alpha value is -2.87. The Morgan fingerprint density at radius 2 is 1.53 bits per heavy atom. The fraction of sp³-hybridized carbons (Fsp3) is 0.500. The van der Waals surface area contributed by atoms with Crippen LogP contribution in [0.15, 0.2) is 48.5 Å². The molecule has 2 amide bonds. The van der Waals surface area contributed by atoms with Crippen LogP contribution in [0, 0.1) is 6.92 Å². The first-order valence-corrected chi connectivity index (χ1v) is 14.5. The zero-order chi connectivity index (χ0) is 26.9. The number of hydrogen-bond donors (Lipinski definition) is 1. The maximum atomic E-state index is 13.3. The Bertz CT molecular complexity index is 1100. The quantitative estimate of drug-likeness (QED) is 0.427. The van der Waals surface area contributed by atoms with Crippen LogP contribution in [-0.2, 0) is 32.6 Å². The van der Waals surface area contributed by atoms with E-state index in [0.717, 1.165) is 29.5 Å². The van der Waals surface area contributed by atoms with Crippen LogP contribution in [0.4, 0.5) is 5.69 Å². The number of benzene rings is 2. The zero-order valence-electron chi connectivity index (χ0n) is 22.5. The molecular weight excluding hydrogens is 474 g/mol. The molecule has 2 aromatic carbocycles. The molecule has 2 rings (SSSR count). The highest BCUT2D eigenvalue weighted by molar-refractivity contribution is 7.92. The molecule has 198 valence electrons. The van der Waals surface area contributed by atoms with Crippen LogP contribution in [0.5, 0.6) is 0 Å². The van der Waals surface area contributed by atoms with Crippen LogP contribution >= 0.6 is 0 Å². The van der Waals surface area contributed by atoms with Gasteiger partial charge in [0.05, 0.1) is 11.9 Å². The van der Waals surface area contributed by atoms with E-state index in [9.17, 15) is 18.0 Å². The number of nitrogens with zero attached hydrogens (tertiary/aromatic N) is 2. The Morgan fingerprint density at radius 3 is 2.06 bits per heavy atom. The van der Waals surface area contributed by atoms with Crippen molar-refractivity contribution in [3.8, 4) is 0 Å². The van der Waals surface area contributed by atoms with Gasteiger partial charge in [-0.3, -0.25) is 13.9 Å². The number of amides is 2. The topological polar surface area (TPSA) is 86.8 Å². The number of nitrogens with one attached hydrogen (secondary N) is 1. The van der Waals surface area contributed by atoms with Crippen molar-refractivity contribution in [2.75, 3.05) is 17.1 Å². The predicted molar refractivity (Wildman–Crippen MR) is 146 cm³/mol. The van der Waals surface area contributed by atoms with Gasteiger partial charge in [-0.15, -0.1) is 0 Å².